The average molecular weight is 160 g/mol. The Hall–Kier alpha value is -0.310. The SMILES string of the molecule is CC1=CCCCCS1(=O)=O. The van der Waals surface area contributed by atoms with Crippen LogP contribution in [0, 0.1) is 0 Å². The van der Waals surface area contributed by atoms with Crippen LogP contribution in [-0.4, -0.2) is 14.2 Å². The molecule has 1 aliphatic rings. The predicted octanol–water partition coefficient (Wildman–Crippen LogP) is 1.49. The van der Waals surface area contributed by atoms with E-state index in [0.717, 1.165) is 19.3 Å². The second kappa shape index (κ2) is 2.74. The molecule has 0 spiro atoms. The second-order valence-corrected chi connectivity index (χ2v) is 4.91. The number of sulfone groups is 1. The zero-order valence-corrected chi connectivity index (χ0v) is 6.95. The van der Waals surface area contributed by atoms with Gasteiger partial charge in [-0.05, 0) is 26.2 Å². The molecule has 0 aromatic rings. The standard InChI is InChI=1S/C7H12O2S/c1-7-5-3-2-4-6-10(7,8)9/h5H,2-4,6H2,1H3. The molecular weight excluding hydrogens is 148 g/mol. The van der Waals surface area contributed by atoms with Crippen LogP contribution in [0.5, 0.6) is 0 Å². The third-order valence-corrected chi connectivity index (χ3v) is 3.76. The Morgan fingerprint density at radius 3 is 2.80 bits per heavy atom. The highest BCUT2D eigenvalue weighted by Crippen LogP contribution is 2.15. The van der Waals surface area contributed by atoms with Crippen molar-refractivity contribution >= 4 is 9.84 Å². The number of allylic oxidation sites excluding steroid dienone is 2. The highest BCUT2D eigenvalue weighted by Gasteiger charge is 2.14. The molecule has 0 fully saturated rings. The monoisotopic (exact) mass is 160 g/mol. The summed E-state index contributed by atoms with van der Waals surface area (Å²) >= 11 is 0. The highest BCUT2D eigenvalue weighted by molar-refractivity contribution is 7.95. The molecule has 1 rings (SSSR count). The van der Waals surface area contributed by atoms with Gasteiger partial charge in [-0.25, -0.2) is 8.42 Å². The van der Waals surface area contributed by atoms with Crippen molar-refractivity contribution in [1.29, 1.82) is 0 Å². The molecule has 0 aromatic carbocycles. The van der Waals surface area contributed by atoms with Crippen LogP contribution < -0.4 is 0 Å². The summed E-state index contributed by atoms with van der Waals surface area (Å²) in [6.45, 7) is 1.68. The first kappa shape index (κ1) is 7.79. The van der Waals surface area contributed by atoms with Gasteiger partial charge in [0, 0.05) is 4.91 Å². The largest absolute Gasteiger partial charge is 0.224 e. The van der Waals surface area contributed by atoms with Gasteiger partial charge in [0.05, 0.1) is 5.75 Å². The third-order valence-electron chi connectivity index (χ3n) is 1.79. The maximum Gasteiger partial charge on any atom is 0.173 e. The van der Waals surface area contributed by atoms with Crippen LogP contribution in [-0.2, 0) is 9.84 Å². The lowest BCUT2D eigenvalue weighted by Crippen LogP contribution is -2.04. The normalized spacial score (nSPS) is 25.1. The quantitative estimate of drug-likeness (QED) is 0.538. The molecule has 0 aromatic heterocycles. The minimum absolute atomic E-state index is 0.343. The van der Waals surface area contributed by atoms with Crippen molar-refractivity contribution in [2.45, 2.75) is 26.2 Å². The van der Waals surface area contributed by atoms with Crippen LogP contribution in [0.2, 0.25) is 0 Å². The van der Waals surface area contributed by atoms with E-state index >= 15 is 0 Å². The average Bonchev–Trinajstić information content (AvgIpc) is 1.96. The Balaban J connectivity index is 2.92. The molecule has 1 heterocycles. The van der Waals surface area contributed by atoms with Crippen LogP contribution >= 0.6 is 0 Å². The maximum atomic E-state index is 11.1. The topological polar surface area (TPSA) is 34.1 Å². The highest BCUT2D eigenvalue weighted by atomic mass is 32.2. The van der Waals surface area contributed by atoms with Crippen LogP contribution in [0.1, 0.15) is 26.2 Å². The van der Waals surface area contributed by atoms with E-state index in [0.29, 0.717) is 10.7 Å². The molecule has 0 N–H and O–H groups in total. The number of hydrogen-bond acceptors (Lipinski definition) is 2. The maximum absolute atomic E-state index is 11.1. The molecule has 1 aliphatic heterocycles. The Bertz CT molecular complexity index is 236. The molecule has 0 radical (unpaired) electrons. The summed E-state index contributed by atoms with van der Waals surface area (Å²) in [5.74, 6) is 0.343. The van der Waals surface area contributed by atoms with Crippen molar-refractivity contribution in [3.05, 3.63) is 11.0 Å². The van der Waals surface area contributed by atoms with Crippen molar-refractivity contribution in [3.8, 4) is 0 Å². The lowest BCUT2D eigenvalue weighted by atomic mass is 10.2. The second-order valence-electron chi connectivity index (χ2n) is 2.63. The van der Waals surface area contributed by atoms with E-state index in [-0.39, 0.29) is 0 Å². The Morgan fingerprint density at radius 1 is 1.40 bits per heavy atom. The molecule has 0 saturated carbocycles. The minimum atomic E-state index is -2.84. The molecule has 58 valence electrons. The Labute approximate surface area is 61.9 Å². The summed E-state index contributed by atoms with van der Waals surface area (Å²) in [5, 5.41) is 0. The molecule has 0 saturated heterocycles. The zero-order chi connectivity index (χ0) is 7.61. The molecule has 2 nitrogen and oxygen atoms in total. The van der Waals surface area contributed by atoms with Crippen molar-refractivity contribution in [2.24, 2.45) is 0 Å². The van der Waals surface area contributed by atoms with Gasteiger partial charge in [-0.15, -0.1) is 0 Å². The summed E-state index contributed by atoms with van der Waals surface area (Å²) in [5.41, 5.74) is 0. The molecule has 0 bridgehead atoms. The first-order valence-electron chi connectivity index (χ1n) is 3.52. The van der Waals surface area contributed by atoms with Gasteiger partial charge < -0.3 is 0 Å². The fourth-order valence-electron chi connectivity index (χ4n) is 1.03. The van der Waals surface area contributed by atoms with Crippen molar-refractivity contribution in [2.75, 3.05) is 5.75 Å². The zero-order valence-electron chi connectivity index (χ0n) is 6.13. The summed E-state index contributed by atoms with van der Waals surface area (Å²) in [7, 11) is -2.84. The molecule has 0 atom stereocenters. The number of rotatable bonds is 0. The first-order valence-corrected chi connectivity index (χ1v) is 5.18. The summed E-state index contributed by atoms with van der Waals surface area (Å²) in [6, 6.07) is 0. The van der Waals surface area contributed by atoms with E-state index in [9.17, 15) is 8.42 Å². The van der Waals surface area contributed by atoms with Gasteiger partial charge in [0.1, 0.15) is 0 Å². The lowest BCUT2D eigenvalue weighted by molar-refractivity contribution is 0.599. The van der Waals surface area contributed by atoms with Gasteiger partial charge in [-0.3, -0.25) is 0 Å². The Kier molecular flexibility index (Phi) is 2.14. The van der Waals surface area contributed by atoms with Crippen molar-refractivity contribution < 1.29 is 8.42 Å². The minimum Gasteiger partial charge on any atom is -0.224 e. The van der Waals surface area contributed by atoms with E-state index in [2.05, 4.69) is 0 Å². The summed E-state index contributed by atoms with van der Waals surface area (Å²) < 4.78 is 22.3. The van der Waals surface area contributed by atoms with Gasteiger partial charge in [-0.2, -0.15) is 0 Å². The summed E-state index contributed by atoms with van der Waals surface area (Å²) in [6.07, 6.45) is 4.57. The predicted molar refractivity (Wildman–Crippen MR) is 41.4 cm³/mol. The van der Waals surface area contributed by atoms with E-state index in [4.69, 9.17) is 0 Å². The molecule has 0 aliphatic carbocycles. The fraction of sp³-hybridized carbons (Fsp3) is 0.714. The lowest BCUT2D eigenvalue weighted by Gasteiger charge is -1.97. The van der Waals surface area contributed by atoms with Crippen molar-refractivity contribution in [3.63, 3.8) is 0 Å². The van der Waals surface area contributed by atoms with Gasteiger partial charge in [0.2, 0.25) is 0 Å². The van der Waals surface area contributed by atoms with E-state index in [1.54, 1.807) is 6.92 Å². The molecule has 0 amide bonds. The Morgan fingerprint density at radius 2 is 2.10 bits per heavy atom. The van der Waals surface area contributed by atoms with Gasteiger partial charge in [0.25, 0.3) is 0 Å². The van der Waals surface area contributed by atoms with Crippen LogP contribution in [0.4, 0.5) is 0 Å². The van der Waals surface area contributed by atoms with E-state index < -0.39 is 9.84 Å². The van der Waals surface area contributed by atoms with Crippen molar-refractivity contribution in [1.82, 2.24) is 0 Å². The van der Waals surface area contributed by atoms with E-state index in [1.165, 1.54) is 0 Å². The van der Waals surface area contributed by atoms with Crippen LogP contribution in [0.25, 0.3) is 0 Å². The van der Waals surface area contributed by atoms with E-state index in [1.807, 2.05) is 6.08 Å². The molecule has 10 heavy (non-hydrogen) atoms. The number of hydrogen-bond donors (Lipinski definition) is 0. The van der Waals surface area contributed by atoms with Crippen LogP contribution in [0.15, 0.2) is 11.0 Å². The molecule has 0 unspecified atom stereocenters. The molecule has 3 heteroatoms. The fourth-order valence-corrected chi connectivity index (χ4v) is 2.31. The molecular formula is C7H12O2S. The van der Waals surface area contributed by atoms with Gasteiger partial charge in [-0.1, -0.05) is 6.08 Å². The van der Waals surface area contributed by atoms with Crippen LogP contribution in [0.3, 0.4) is 0 Å². The first-order chi connectivity index (χ1) is 4.63. The van der Waals surface area contributed by atoms with Gasteiger partial charge in [0.15, 0.2) is 9.84 Å². The summed E-state index contributed by atoms with van der Waals surface area (Å²) in [4.78, 5) is 0.560. The smallest absolute Gasteiger partial charge is 0.173 e. The van der Waals surface area contributed by atoms with Gasteiger partial charge >= 0.3 is 0 Å². The third kappa shape index (κ3) is 1.59.